The molecule has 1 heterocycles. The lowest BCUT2D eigenvalue weighted by atomic mass is 9.82. The van der Waals surface area contributed by atoms with E-state index < -0.39 is 0 Å². The van der Waals surface area contributed by atoms with Gasteiger partial charge in [0.25, 0.3) is 0 Å². The highest BCUT2D eigenvalue weighted by Gasteiger charge is 2.35. The third-order valence-electron chi connectivity index (χ3n) is 11.2. The van der Waals surface area contributed by atoms with Gasteiger partial charge in [-0.2, -0.15) is 0 Å². The molecule has 10 rings (SSSR count). The third kappa shape index (κ3) is 5.10. The second-order valence-electron chi connectivity index (χ2n) is 14.6. The second-order valence-corrected chi connectivity index (χ2v) is 14.6. The van der Waals surface area contributed by atoms with Crippen LogP contribution in [0, 0.1) is 0 Å². The van der Waals surface area contributed by atoms with Gasteiger partial charge in [0.05, 0.1) is 11.0 Å². The monoisotopic (exact) mass is 678 g/mol. The van der Waals surface area contributed by atoms with Crippen molar-refractivity contribution < 1.29 is 0 Å². The minimum absolute atomic E-state index is 0.0265. The van der Waals surface area contributed by atoms with Gasteiger partial charge in [0.2, 0.25) is 0 Å². The molecule has 53 heavy (non-hydrogen) atoms. The summed E-state index contributed by atoms with van der Waals surface area (Å²) in [5, 5.41) is 2.50. The largest absolute Gasteiger partial charge is 0.310 e. The van der Waals surface area contributed by atoms with Crippen LogP contribution in [0.3, 0.4) is 0 Å². The first kappa shape index (κ1) is 31.1. The van der Waals surface area contributed by atoms with E-state index in [9.17, 15) is 0 Å². The lowest BCUT2D eigenvalue weighted by Crippen LogP contribution is -2.15. The summed E-state index contributed by atoms with van der Waals surface area (Å²) < 4.78 is 2.39. The third-order valence-corrected chi connectivity index (χ3v) is 11.2. The maximum Gasteiger partial charge on any atom is 0.0541 e. The standard InChI is InChI=1S/C51H38N2/c1-51(2)47-21-13-12-20-43(47)44-34-42(28-29-48(44)51)52(39-16-8-4-9-17-39)41-26-22-36(23-27-41)38-25-31-50-46(33-38)45-32-37(35-14-6-3-7-15-35)24-30-49(45)53(50)40-18-10-5-11-19-40/h3-34H,1-2H3. The Kier molecular flexibility index (Phi) is 7.19. The zero-order valence-corrected chi connectivity index (χ0v) is 29.9. The Morgan fingerprint density at radius 3 is 1.53 bits per heavy atom. The highest BCUT2D eigenvalue weighted by atomic mass is 15.1. The van der Waals surface area contributed by atoms with E-state index >= 15 is 0 Å². The molecule has 0 atom stereocenters. The van der Waals surface area contributed by atoms with Gasteiger partial charge in [-0.15, -0.1) is 0 Å². The van der Waals surface area contributed by atoms with Crippen LogP contribution in [-0.2, 0) is 5.41 Å². The maximum absolute atomic E-state index is 2.39. The first-order valence-electron chi connectivity index (χ1n) is 18.4. The van der Waals surface area contributed by atoms with Gasteiger partial charge >= 0.3 is 0 Å². The van der Waals surface area contributed by atoms with E-state index in [1.54, 1.807) is 0 Å². The number of anilines is 3. The maximum atomic E-state index is 2.39. The molecular weight excluding hydrogens is 641 g/mol. The van der Waals surface area contributed by atoms with Gasteiger partial charge in [-0.05, 0) is 117 Å². The first-order valence-corrected chi connectivity index (χ1v) is 18.4. The molecule has 0 amide bonds. The summed E-state index contributed by atoms with van der Waals surface area (Å²) in [7, 11) is 0. The van der Waals surface area contributed by atoms with Crippen molar-refractivity contribution in [2.45, 2.75) is 19.3 Å². The minimum atomic E-state index is -0.0265. The quantitative estimate of drug-likeness (QED) is 0.170. The highest BCUT2D eigenvalue weighted by Crippen LogP contribution is 2.50. The number of hydrogen-bond acceptors (Lipinski definition) is 1. The van der Waals surface area contributed by atoms with Crippen molar-refractivity contribution in [1.82, 2.24) is 4.57 Å². The first-order chi connectivity index (χ1) is 26.0. The molecule has 2 nitrogen and oxygen atoms in total. The molecule has 9 aromatic rings. The lowest BCUT2D eigenvalue weighted by Gasteiger charge is -2.27. The van der Waals surface area contributed by atoms with E-state index in [0.717, 1.165) is 22.7 Å². The molecule has 0 unspecified atom stereocenters. The van der Waals surface area contributed by atoms with Crippen LogP contribution in [0.5, 0.6) is 0 Å². The number of rotatable bonds is 6. The zero-order valence-electron chi connectivity index (χ0n) is 29.9. The van der Waals surface area contributed by atoms with Crippen LogP contribution in [0.4, 0.5) is 17.1 Å². The predicted molar refractivity (Wildman–Crippen MR) is 224 cm³/mol. The van der Waals surface area contributed by atoms with Crippen molar-refractivity contribution in [1.29, 1.82) is 0 Å². The van der Waals surface area contributed by atoms with Gasteiger partial charge in [-0.25, -0.2) is 0 Å². The average Bonchev–Trinajstić information content (AvgIpc) is 3.66. The summed E-state index contributed by atoms with van der Waals surface area (Å²) in [6.07, 6.45) is 0. The minimum Gasteiger partial charge on any atom is -0.310 e. The van der Waals surface area contributed by atoms with Gasteiger partial charge in [0.15, 0.2) is 0 Å². The van der Waals surface area contributed by atoms with E-state index in [1.165, 1.54) is 66.3 Å². The normalized spacial score (nSPS) is 12.9. The van der Waals surface area contributed by atoms with Gasteiger partial charge in [0, 0.05) is 38.9 Å². The fraction of sp³-hybridized carbons (Fsp3) is 0.0588. The smallest absolute Gasteiger partial charge is 0.0541 e. The Morgan fingerprint density at radius 2 is 0.868 bits per heavy atom. The molecule has 0 aliphatic heterocycles. The second kappa shape index (κ2) is 12.3. The van der Waals surface area contributed by atoms with Crippen LogP contribution in [0.15, 0.2) is 194 Å². The van der Waals surface area contributed by atoms with Crippen molar-refractivity contribution in [3.63, 3.8) is 0 Å². The summed E-state index contributed by atoms with van der Waals surface area (Å²) in [6, 6.07) is 70.8. The molecule has 0 spiro atoms. The Labute approximate surface area is 310 Å². The Bertz CT molecular complexity index is 2780. The SMILES string of the molecule is CC1(C)c2ccccc2-c2cc(N(c3ccccc3)c3ccc(-c4ccc5c(c4)c4cc(-c6ccccc6)ccc4n5-c4ccccc4)cc3)ccc21. The van der Waals surface area contributed by atoms with Crippen LogP contribution in [-0.4, -0.2) is 4.57 Å². The van der Waals surface area contributed by atoms with Crippen LogP contribution < -0.4 is 4.90 Å². The van der Waals surface area contributed by atoms with E-state index in [0.29, 0.717) is 0 Å². The molecule has 0 bridgehead atoms. The van der Waals surface area contributed by atoms with E-state index in [1.807, 2.05) is 0 Å². The topological polar surface area (TPSA) is 8.17 Å². The van der Waals surface area contributed by atoms with Crippen molar-refractivity contribution in [2.75, 3.05) is 4.90 Å². The van der Waals surface area contributed by atoms with E-state index in [2.05, 4.69) is 217 Å². The number of para-hydroxylation sites is 2. The van der Waals surface area contributed by atoms with Crippen molar-refractivity contribution in [2.24, 2.45) is 0 Å². The van der Waals surface area contributed by atoms with E-state index in [4.69, 9.17) is 0 Å². The number of hydrogen-bond donors (Lipinski definition) is 0. The summed E-state index contributed by atoms with van der Waals surface area (Å²) in [5.74, 6) is 0. The van der Waals surface area contributed by atoms with Crippen LogP contribution >= 0.6 is 0 Å². The summed E-state index contributed by atoms with van der Waals surface area (Å²) in [4.78, 5) is 2.37. The molecule has 252 valence electrons. The van der Waals surface area contributed by atoms with Crippen LogP contribution in [0.25, 0.3) is 60.9 Å². The summed E-state index contributed by atoms with van der Waals surface area (Å²) in [5.41, 5.74) is 17.2. The number of aromatic nitrogens is 1. The molecule has 0 fully saturated rings. The fourth-order valence-electron chi connectivity index (χ4n) is 8.54. The number of fused-ring (bicyclic) bond motifs is 6. The lowest BCUT2D eigenvalue weighted by molar-refractivity contribution is 0.660. The Hall–Kier alpha value is -6.64. The van der Waals surface area contributed by atoms with Gasteiger partial charge in [-0.1, -0.05) is 135 Å². The van der Waals surface area contributed by atoms with Crippen molar-refractivity contribution in [3.8, 4) is 39.1 Å². The summed E-state index contributed by atoms with van der Waals surface area (Å²) >= 11 is 0. The van der Waals surface area contributed by atoms with Crippen molar-refractivity contribution in [3.05, 3.63) is 205 Å². The molecule has 8 aromatic carbocycles. The zero-order chi connectivity index (χ0) is 35.5. The highest BCUT2D eigenvalue weighted by molar-refractivity contribution is 6.11. The van der Waals surface area contributed by atoms with Gasteiger partial charge in [-0.3, -0.25) is 0 Å². The van der Waals surface area contributed by atoms with Gasteiger partial charge < -0.3 is 9.47 Å². The van der Waals surface area contributed by atoms with Crippen LogP contribution in [0.1, 0.15) is 25.0 Å². The van der Waals surface area contributed by atoms with Crippen LogP contribution in [0.2, 0.25) is 0 Å². The molecule has 0 saturated carbocycles. The van der Waals surface area contributed by atoms with Crippen molar-refractivity contribution >= 4 is 38.9 Å². The Balaban J connectivity index is 1.08. The molecule has 1 aromatic heterocycles. The van der Waals surface area contributed by atoms with E-state index in [-0.39, 0.29) is 5.41 Å². The number of benzene rings is 8. The fourth-order valence-corrected chi connectivity index (χ4v) is 8.54. The average molecular weight is 679 g/mol. The molecule has 2 heteroatoms. The van der Waals surface area contributed by atoms with Gasteiger partial charge in [0.1, 0.15) is 0 Å². The molecule has 0 N–H and O–H groups in total. The Morgan fingerprint density at radius 1 is 0.377 bits per heavy atom. The molecule has 1 aliphatic carbocycles. The molecule has 1 aliphatic rings. The number of nitrogens with zero attached hydrogens (tertiary/aromatic N) is 2. The predicted octanol–water partition coefficient (Wildman–Crippen LogP) is 13.9. The molecular formula is C51H38N2. The summed E-state index contributed by atoms with van der Waals surface area (Å²) in [6.45, 7) is 4.67. The molecule has 0 radical (unpaired) electrons. The molecule has 0 saturated heterocycles.